The molecule has 0 aromatic rings. The molecular formula is C80H162N2O6P+. The maximum absolute atomic E-state index is 13.1. The summed E-state index contributed by atoms with van der Waals surface area (Å²) in [6.45, 7) is 4.97. The van der Waals surface area contributed by atoms with Crippen molar-refractivity contribution in [2.45, 2.75) is 456 Å². The minimum Gasteiger partial charge on any atom is -0.391 e. The molecule has 0 rings (SSSR count). The van der Waals surface area contributed by atoms with Crippen LogP contribution in [0.5, 0.6) is 0 Å². The van der Waals surface area contributed by atoms with E-state index in [0.717, 1.165) is 38.5 Å². The van der Waals surface area contributed by atoms with E-state index < -0.39 is 20.0 Å². The fourth-order valence-electron chi connectivity index (χ4n) is 13.0. The number of carbonyl (C=O) groups is 1. The van der Waals surface area contributed by atoms with Gasteiger partial charge in [0.1, 0.15) is 13.2 Å². The monoisotopic (exact) mass is 1280 g/mol. The summed E-state index contributed by atoms with van der Waals surface area (Å²) in [6, 6.07) is -0.758. The Hall–Kier alpha value is -0.760. The van der Waals surface area contributed by atoms with Gasteiger partial charge in [-0.15, -0.1) is 0 Å². The predicted molar refractivity (Wildman–Crippen MR) is 392 cm³/mol. The number of hydrogen-bond donors (Lipinski definition) is 3. The van der Waals surface area contributed by atoms with Crippen molar-refractivity contribution in [1.29, 1.82) is 0 Å². The van der Waals surface area contributed by atoms with E-state index in [4.69, 9.17) is 9.05 Å². The quantitative estimate of drug-likeness (QED) is 0.0243. The fraction of sp³-hybridized carbons (Fsp3) is 0.963. The number of hydrogen-bond acceptors (Lipinski definition) is 5. The summed E-state index contributed by atoms with van der Waals surface area (Å²) in [4.78, 5) is 23.5. The molecule has 0 aliphatic carbocycles. The lowest BCUT2D eigenvalue weighted by atomic mass is 10.0. The lowest BCUT2D eigenvalue weighted by Gasteiger charge is -2.26. The van der Waals surface area contributed by atoms with Crippen LogP contribution in [0.15, 0.2) is 12.2 Å². The molecule has 89 heavy (non-hydrogen) atoms. The van der Waals surface area contributed by atoms with E-state index in [9.17, 15) is 19.4 Å². The molecule has 0 aliphatic heterocycles. The van der Waals surface area contributed by atoms with Crippen LogP contribution in [-0.4, -0.2) is 73.4 Å². The second kappa shape index (κ2) is 71.5. The van der Waals surface area contributed by atoms with Crippen molar-refractivity contribution in [3.8, 4) is 0 Å². The lowest BCUT2D eigenvalue weighted by molar-refractivity contribution is -0.870. The predicted octanol–water partition coefficient (Wildman–Crippen LogP) is 26.4. The first-order chi connectivity index (χ1) is 43.5. The maximum atomic E-state index is 13.1. The summed E-state index contributed by atoms with van der Waals surface area (Å²) in [5, 5.41) is 14.2. The molecule has 0 spiro atoms. The largest absolute Gasteiger partial charge is 0.472 e. The Morgan fingerprint density at radius 1 is 0.371 bits per heavy atom. The standard InChI is InChI=1S/C80H161N2O6P/c1-6-8-10-12-14-16-18-20-22-24-26-28-30-32-34-35-36-37-38-39-40-41-42-43-44-45-46-47-48-50-52-54-56-58-60-62-64-66-68-70-72-74-80(84)81-78(77-88-89(85,86)87-76-75-82(3,4)5)79(83)73-71-69-67-65-63-61-59-57-55-53-51-49-33-31-29-27-25-23-21-19-17-15-13-11-9-7-2/h24,26,78-79,83H,6-23,25,27-77H2,1-5H3,(H-,81,84,85,86)/p+1/b26-24-. The number of phosphoric acid groups is 1. The molecule has 0 aromatic carbocycles. The number of amides is 1. The smallest absolute Gasteiger partial charge is 0.391 e. The highest BCUT2D eigenvalue weighted by molar-refractivity contribution is 7.47. The van der Waals surface area contributed by atoms with Crippen molar-refractivity contribution in [2.75, 3.05) is 40.9 Å². The Balaban J connectivity index is 3.85. The number of nitrogens with one attached hydrogen (secondary N) is 1. The average molecular weight is 1280 g/mol. The van der Waals surface area contributed by atoms with Gasteiger partial charge in [0.2, 0.25) is 5.91 Å². The van der Waals surface area contributed by atoms with Crippen LogP contribution < -0.4 is 5.32 Å². The molecule has 0 saturated carbocycles. The number of likely N-dealkylation sites (N-methyl/N-ethyl adjacent to an activating group) is 1. The van der Waals surface area contributed by atoms with Gasteiger partial charge in [0, 0.05) is 6.42 Å². The first kappa shape index (κ1) is 88.2. The number of unbranched alkanes of at least 4 members (excludes halogenated alkanes) is 62. The van der Waals surface area contributed by atoms with Crippen LogP contribution in [0.1, 0.15) is 444 Å². The topological polar surface area (TPSA) is 105 Å². The third kappa shape index (κ3) is 74.5. The third-order valence-electron chi connectivity index (χ3n) is 19.3. The lowest BCUT2D eigenvalue weighted by Crippen LogP contribution is -2.46. The van der Waals surface area contributed by atoms with E-state index in [1.165, 1.54) is 379 Å². The van der Waals surface area contributed by atoms with Crippen molar-refractivity contribution >= 4 is 13.7 Å². The van der Waals surface area contributed by atoms with Crippen molar-refractivity contribution in [1.82, 2.24) is 5.32 Å². The minimum absolute atomic E-state index is 0.0790. The molecular weight excluding hydrogens is 1120 g/mol. The van der Waals surface area contributed by atoms with E-state index in [1.54, 1.807) is 0 Å². The number of aliphatic hydroxyl groups excluding tert-OH is 1. The van der Waals surface area contributed by atoms with E-state index in [1.807, 2.05) is 21.1 Å². The van der Waals surface area contributed by atoms with Crippen molar-refractivity contribution in [2.24, 2.45) is 0 Å². The number of quaternary nitrogens is 1. The zero-order chi connectivity index (χ0) is 64.8. The number of rotatable bonds is 77. The van der Waals surface area contributed by atoms with Crippen molar-refractivity contribution in [3.05, 3.63) is 12.2 Å². The second-order valence-corrected chi connectivity index (χ2v) is 31.0. The molecule has 0 saturated heterocycles. The molecule has 0 fully saturated rings. The molecule has 3 N–H and O–H groups in total. The number of allylic oxidation sites excluding steroid dienone is 2. The molecule has 0 heterocycles. The summed E-state index contributed by atoms with van der Waals surface area (Å²) in [6.07, 6.45) is 93.7. The summed E-state index contributed by atoms with van der Waals surface area (Å²) in [5.41, 5.74) is 0. The SMILES string of the molecule is CCCCCCCCCC/C=C\CCCCCCCCCCCCCCCCCCCCCCCCCCCCCCCC(=O)NC(COP(=O)(O)OCC[N+](C)(C)C)C(O)CCCCCCCCCCCCCCCCCCCCCCCCCCCC. The van der Waals surface area contributed by atoms with Gasteiger partial charge in [0.25, 0.3) is 0 Å². The van der Waals surface area contributed by atoms with Crippen LogP contribution >= 0.6 is 7.82 Å². The molecule has 3 unspecified atom stereocenters. The number of aliphatic hydroxyl groups is 1. The summed E-state index contributed by atoms with van der Waals surface area (Å²) >= 11 is 0. The van der Waals surface area contributed by atoms with Crippen LogP contribution in [0.25, 0.3) is 0 Å². The highest BCUT2D eigenvalue weighted by Gasteiger charge is 2.28. The molecule has 0 aromatic heterocycles. The summed E-state index contributed by atoms with van der Waals surface area (Å²) in [7, 11) is 1.64. The average Bonchev–Trinajstić information content (AvgIpc) is 3.61. The van der Waals surface area contributed by atoms with Gasteiger partial charge in [-0.1, -0.05) is 411 Å². The Bertz CT molecular complexity index is 1460. The van der Waals surface area contributed by atoms with E-state index in [2.05, 4.69) is 31.3 Å². The van der Waals surface area contributed by atoms with E-state index in [0.29, 0.717) is 23.9 Å². The molecule has 532 valence electrons. The van der Waals surface area contributed by atoms with Gasteiger partial charge in [0.15, 0.2) is 0 Å². The van der Waals surface area contributed by atoms with E-state index >= 15 is 0 Å². The van der Waals surface area contributed by atoms with Crippen LogP contribution in [0.3, 0.4) is 0 Å². The maximum Gasteiger partial charge on any atom is 0.472 e. The first-order valence-corrected chi connectivity index (χ1v) is 42.0. The fourth-order valence-corrected chi connectivity index (χ4v) is 13.7. The number of phosphoric ester groups is 1. The molecule has 0 bridgehead atoms. The normalized spacial score (nSPS) is 13.5. The zero-order valence-electron chi connectivity index (χ0n) is 61.2. The zero-order valence-corrected chi connectivity index (χ0v) is 62.1. The first-order valence-electron chi connectivity index (χ1n) is 40.6. The van der Waals surface area contributed by atoms with Crippen LogP contribution in [0, 0.1) is 0 Å². The van der Waals surface area contributed by atoms with Gasteiger partial charge < -0.3 is 19.8 Å². The summed E-state index contributed by atoms with van der Waals surface area (Å²) < 4.78 is 24.0. The van der Waals surface area contributed by atoms with Gasteiger partial charge in [-0.3, -0.25) is 13.8 Å². The van der Waals surface area contributed by atoms with Gasteiger partial charge in [-0.05, 0) is 38.5 Å². The highest BCUT2D eigenvalue weighted by Crippen LogP contribution is 2.43. The Morgan fingerprint density at radius 3 is 0.865 bits per heavy atom. The van der Waals surface area contributed by atoms with Gasteiger partial charge >= 0.3 is 7.82 Å². The molecule has 9 heteroatoms. The highest BCUT2D eigenvalue weighted by atomic mass is 31.2. The third-order valence-corrected chi connectivity index (χ3v) is 20.2. The van der Waals surface area contributed by atoms with Crippen LogP contribution in [0.2, 0.25) is 0 Å². The van der Waals surface area contributed by atoms with E-state index in [-0.39, 0.29) is 19.1 Å². The van der Waals surface area contributed by atoms with Gasteiger partial charge in [0.05, 0.1) is 39.9 Å². The molecule has 8 nitrogen and oxygen atoms in total. The molecule has 0 radical (unpaired) electrons. The van der Waals surface area contributed by atoms with Gasteiger partial charge in [-0.2, -0.15) is 0 Å². The Morgan fingerprint density at radius 2 is 0.607 bits per heavy atom. The Labute approximate surface area is 558 Å². The van der Waals surface area contributed by atoms with Gasteiger partial charge in [-0.25, -0.2) is 4.57 Å². The molecule has 1 amide bonds. The molecule has 3 atom stereocenters. The van der Waals surface area contributed by atoms with Crippen LogP contribution in [0.4, 0.5) is 0 Å². The van der Waals surface area contributed by atoms with Crippen molar-refractivity contribution < 1.29 is 32.9 Å². The second-order valence-electron chi connectivity index (χ2n) is 29.5. The minimum atomic E-state index is -4.33. The summed E-state index contributed by atoms with van der Waals surface area (Å²) in [5.74, 6) is -0.132. The Kier molecular flexibility index (Phi) is 70.9. The van der Waals surface area contributed by atoms with Crippen LogP contribution in [-0.2, 0) is 18.4 Å². The number of carbonyl (C=O) groups excluding carboxylic acids is 1. The van der Waals surface area contributed by atoms with Crippen molar-refractivity contribution in [3.63, 3.8) is 0 Å². The number of nitrogens with zero attached hydrogens (tertiary/aromatic N) is 1. The molecule has 0 aliphatic rings.